The molecule has 0 saturated heterocycles. The SMILES string of the molecule is [B]=C(C=C)CCCc1nn(-c2ccc(C3CC3)cc2O)c2c1C(CC)N(C(=O)c1cnc(C(C)(F)F)c(O)c1)CC2. The number of phenolic OH excluding ortho intramolecular Hbond substituents is 1. The Balaban J connectivity index is 1.52. The van der Waals surface area contributed by atoms with Gasteiger partial charge in [0, 0.05) is 6.92 Å². The van der Waals surface area contributed by atoms with Gasteiger partial charge in [-0.1, -0.05) is 0 Å². The Morgan fingerprint density at radius 2 is 2.00 bits per heavy atom. The molecule has 1 radical (unpaired) electrons. The zero-order chi connectivity index (χ0) is 29.5. The van der Waals surface area contributed by atoms with Crippen LogP contribution in [0.1, 0.15) is 96.5 Å². The van der Waals surface area contributed by atoms with Crippen LogP contribution in [0.2, 0.25) is 0 Å². The van der Waals surface area contributed by atoms with E-state index in [0.717, 1.165) is 54.0 Å². The van der Waals surface area contributed by atoms with E-state index >= 15 is 0 Å². The monoisotopic (exact) mass is 559 g/mol. The van der Waals surface area contributed by atoms with E-state index < -0.39 is 23.3 Å². The number of halogens is 2. The second-order valence-electron chi connectivity index (χ2n) is 11.0. The van der Waals surface area contributed by atoms with Gasteiger partial charge in [-0.2, -0.15) is 8.78 Å². The molecule has 1 saturated carbocycles. The molecule has 2 aliphatic rings. The first-order valence-electron chi connectivity index (χ1n) is 14.1. The molecular formula is C31H34BF2N4O3. The first-order valence-corrected chi connectivity index (χ1v) is 14.1. The van der Waals surface area contributed by atoms with Crippen molar-refractivity contribution in [2.24, 2.45) is 0 Å². The Labute approximate surface area is 239 Å². The summed E-state index contributed by atoms with van der Waals surface area (Å²) < 4.78 is 29.4. The molecule has 1 amide bonds. The summed E-state index contributed by atoms with van der Waals surface area (Å²) in [5.74, 6) is -3.80. The summed E-state index contributed by atoms with van der Waals surface area (Å²) in [5, 5.41) is 26.2. The first kappa shape index (κ1) is 28.7. The van der Waals surface area contributed by atoms with Crippen LogP contribution in [0.25, 0.3) is 5.69 Å². The summed E-state index contributed by atoms with van der Waals surface area (Å²) in [5.41, 5.74) is 4.32. The fraction of sp³-hybridized carbons (Fsp3) is 0.419. The molecule has 1 fully saturated rings. The molecule has 3 aromatic rings. The first-order chi connectivity index (χ1) is 19.5. The summed E-state index contributed by atoms with van der Waals surface area (Å²) in [4.78, 5) is 19.1. The molecule has 10 heteroatoms. The van der Waals surface area contributed by atoms with Gasteiger partial charge in [0.1, 0.15) is 0 Å². The van der Waals surface area contributed by atoms with Crippen molar-refractivity contribution in [2.75, 3.05) is 6.54 Å². The fourth-order valence-electron chi connectivity index (χ4n) is 5.76. The molecule has 1 aromatic carbocycles. The molecule has 5 rings (SSSR count). The number of alkyl halides is 2. The number of rotatable bonds is 10. The number of aryl methyl sites for hydroxylation is 1. The second-order valence-corrected chi connectivity index (χ2v) is 11.0. The van der Waals surface area contributed by atoms with Gasteiger partial charge in [0.25, 0.3) is 5.92 Å². The van der Waals surface area contributed by atoms with E-state index in [0.29, 0.717) is 56.2 Å². The average molecular weight is 559 g/mol. The molecule has 1 atom stereocenters. The van der Waals surface area contributed by atoms with Crippen molar-refractivity contribution in [3.05, 3.63) is 76.9 Å². The molecule has 3 heterocycles. The normalized spacial score (nSPS) is 16.9. The van der Waals surface area contributed by atoms with Crippen LogP contribution >= 0.6 is 0 Å². The van der Waals surface area contributed by atoms with Crippen molar-refractivity contribution < 1.29 is 23.8 Å². The predicted molar refractivity (Wildman–Crippen MR) is 154 cm³/mol. The maximum absolute atomic E-state index is 13.8. The number of carbonyl (C=O) groups is 1. The van der Waals surface area contributed by atoms with Gasteiger partial charge in [-0.25, -0.2) is 0 Å². The number of carbonyl (C=O) groups excluding carboxylic acids is 1. The van der Waals surface area contributed by atoms with Crippen LogP contribution in [0.15, 0.2) is 43.1 Å². The van der Waals surface area contributed by atoms with Crippen molar-refractivity contribution in [1.82, 2.24) is 19.7 Å². The molecule has 2 N–H and O–H groups in total. The Hall–Kier alpha value is -3.82. The third kappa shape index (κ3) is 5.69. The minimum atomic E-state index is -3.34. The van der Waals surface area contributed by atoms with Gasteiger partial charge >= 0.3 is 194 Å². The fourth-order valence-corrected chi connectivity index (χ4v) is 5.76. The van der Waals surface area contributed by atoms with Crippen LogP contribution < -0.4 is 0 Å². The molecule has 0 spiro atoms. The maximum atomic E-state index is 13.8. The Morgan fingerprint density at radius 3 is 2.61 bits per heavy atom. The van der Waals surface area contributed by atoms with Crippen LogP contribution in [0.4, 0.5) is 8.78 Å². The number of benzene rings is 1. The van der Waals surface area contributed by atoms with Crippen molar-refractivity contribution in [3.8, 4) is 17.2 Å². The number of amides is 1. The zero-order valence-corrected chi connectivity index (χ0v) is 23.4. The van der Waals surface area contributed by atoms with Crippen molar-refractivity contribution in [1.29, 1.82) is 0 Å². The summed E-state index contributed by atoms with van der Waals surface area (Å²) in [7, 11) is 5.98. The number of pyridine rings is 1. The molecule has 213 valence electrons. The molecule has 1 aliphatic carbocycles. The van der Waals surface area contributed by atoms with E-state index in [1.54, 1.807) is 15.7 Å². The zero-order valence-electron chi connectivity index (χ0n) is 23.4. The van der Waals surface area contributed by atoms with Gasteiger partial charge in [0.05, 0.1) is 0 Å². The summed E-state index contributed by atoms with van der Waals surface area (Å²) >= 11 is 0. The number of hydrogen-bond donors (Lipinski definition) is 2. The van der Waals surface area contributed by atoms with Gasteiger partial charge in [-0.15, -0.1) is 0 Å². The van der Waals surface area contributed by atoms with E-state index in [1.807, 2.05) is 25.1 Å². The number of fused-ring (bicyclic) bond motifs is 1. The molecule has 0 bridgehead atoms. The molecular weight excluding hydrogens is 525 g/mol. The van der Waals surface area contributed by atoms with E-state index in [2.05, 4.69) is 11.6 Å². The Morgan fingerprint density at radius 1 is 1.24 bits per heavy atom. The summed E-state index contributed by atoms with van der Waals surface area (Å²) in [6.45, 7) is 6.69. The van der Waals surface area contributed by atoms with Gasteiger partial charge in [0.15, 0.2) is 5.69 Å². The quantitative estimate of drug-likeness (QED) is 0.313. The van der Waals surface area contributed by atoms with Crippen LogP contribution in [-0.2, 0) is 18.8 Å². The molecule has 41 heavy (non-hydrogen) atoms. The van der Waals surface area contributed by atoms with Crippen molar-refractivity contribution in [2.45, 2.75) is 76.7 Å². The second kappa shape index (κ2) is 11.2. The van der Waals surface area contributed by atoms with Gasteiger partial charge in [0.2, 0.25) is 0 Å². The average Bonchev–Trinajstić information content (AvgIpc) is 3.73. The van der Waals surface area contributed by atoms with E-state index in [1.165, 1.54) is 0 Å². The molecule has 2 aromatic heterocycles. The van der Waals surface area contributed by atoms with E-state index in [-0.39, 0.29) is 17.4 Å². The number of phenols is 1. The van der Waals surface area contributed by atoms with Crippen LogP contribution in [0.3, 0.4) is 0 Å². The standard InChI is InChI=1S/C31H34BF2N4O3/c1-4-21(32)7-6-8-22-28-23(5-2)37(30(41)20-16-27(40)29(35-17-20)31(3,33)34)14-13-25(28)38(36-22)24-12-11-19(15-26(24)39)18-9-10-18/h4,11-12,15-18,23,39-40H,1,5-10,13-14H2,2-3H3. The third-order valence-electron chi connectivity index (χ3n) is 7.99. The van der Waals surface area contributed by atoms with Crippen molar-refractivity contribution >= 4 is 18.9 Å². The van der Waals surface area contributed by atoms with Crippen LogP contribution in [0.5, 0.6) is 11.5 Å². The minimum absolute atomic E-state index is 0.0352. The van der Waals surface area contributed by atoms with E-state index in [4.69, 9.17) is 12.6 Å². The van der Waals surface area contributed by atoms with Crippen molar-refractivity contribution in [3.63, 3.8) is 0 Å². The molecule has 1 aliphatic heterocycles. The van der Waals surface area contributed by atoms with Crippen LogP contribution in [-0.4, -0.2) is 55.3 Å². The summed E-state index contributed by atoms with van der Waals surface area (Å²) in [6.07, 6.45) is 8.00. The number of aromatic nitrogens is 3. The van der Waals surface area contributed by atoms with Gasteiger partial charge in [-0.05, 0) is 12.8 Å². The number of nitrogens with zero attached hydrogens (tertiary/aromatic N) is 4. The molecule has 1 unspecified atom stereocenters. The predicted octanol–water partition coefficient (Wildman–Crippen LogP) is 5.67. The number of allylic oxidation sites excluding steroid dienone is 1. The van der Waals surface area contributed by atoms with Gasteiger partial charge in [-0.3, -0.25) is 0 Å². The Bertz CT molecular complexity index is 1510. The van der Waals surface area contributed by atoms with Crippen LogP contribution in [0, 0.1) is 0 Å². The summed E-state index contributed by atoms with van der Waals surface area (Å²) in [6, 6.07) is 6.47. The topological polar surface area (TPSA) is 91.5 Å². The third-order valence-corrected chi connectivity index (χ3v) is 7.99. The number of aromatic hydroxyl groups is 2. The number of hydrogen-bond acceptors (Lipinski definition) is 5. The van der Waals surface area contributed by atoms with Gasteiger partial charge < -0.3 is 5.11 Å². The Kier molecular flexibility index (Phi) is 7.86. The van der Waals surface area contributed by atoms with E-state index in [9.17, 15) is 23.8 Å². The molecule has 7 nitrogen and oxygen atoms in total.